The molecule has 0 aliphatic heterocycles. The SMILES string of the molecule is CN(C)C(CNC(=O)Nc1cc([N+](=O)[O-])ccc1OC(F)F)c1ccc(F)cc1. The molecule has 0 saturated heterocycles. The van der Waals surface area contributed by atoms with Crippen LogP contribution in [-0.4, -0.2) is 43.1 Å². The van der Waals surface area contributed by atoms with Crippen LogP contribution in [0.15, 0.2) is 42.5 Å². The van der Waals surface area contributed by atoms with E-state index in [0.29, 0.717) is 0 Å². The van der Waals surface area contributed by atoms with Crippen molar-refractivity contribution >= 4 is 17.4 Å². The van der Waals surface area contributed by atoms with E-state index in [1.165, 1.54) is 12.1 Å². The van der Waals surface area contributed by atoms with Crippen molar-refractivity contribution in [2.75, 3.05) is 26.0 Å². The highest BCUT2D eigenvalue weighted by Gasteiger charge is 2.19. The summed E-state index contributed by atoms with van der Waals surface area (Å²) in [5, 5.41) is 15.7. The molecule has 156 valence electrons. The average molecular weight is 412 g/mol. The van der Waals surface area contributed by atoms with Gasteiger partial charge in [0.25, 0.3) is 5.69 Å². The van der Waals surface area contributed by atoms with Gasteiger partial charge in [-0.2, -0.15) is 8.78 Å². The van der Waals surface area contributed by atoms with Crippen molar-refractivity contribution in [1.29, 1.82) is 0 Å². The summed E-state index contributed by atoms with van der Waals surface area (Å²) in [5.41, 5.74) is 0.0633. The summed E-state index contributed by atoms with van der Waals surface area (Å²) in [5.74, 6) is -0.808. The summed E-state index contributed by atoms with van der Waals surface area (Å²) >= 11 is 0. The molecule has 8 nitrogen and oxygen atoms in total. The lowest BCUT2D eigenvalue weighted by Crippen LogP contribution is -2.37. The smallest absolute Gasteiger partial charge is 0.387 e. The van der Waals surface area contributed by atoms with Crippen LogP contribution in [0.1, 0.15) is 11.6 Å². The number of amides is 2. The predicted molar refractivity (Wildman–Crippen MR) is 99.6 cm³/mol. The molecule has 2 rings (SSSR count). The molecule has 2 aromatic carbocycles. The Kier molecular flexibility index (Phi) is 7.37. The van der Waals surface area contributed by atoms with Gasteiger partial charge in [0.1, 0.15) is 11.6 Å². The number of ether oxygens (including phenoxy) is 1. The molecule has 0 radical (unpaired) electrons. The first-order chi connectivity index (χ1) is 13.7. The van der Waals surface area contributed by atoms with E-state index in [1.807, 2.05) is 0 Å². The summed E-state index contributed by atoms with van der Waals surface area (Å²) in [6, 6.07) is 7.54. The number of halogens is 3. The van der Waals surface area contributed by atoms with Crippen LogP contribution in [0.25, 0.3) is 0 Å². The number of nitrogens with one attached hydrogen (secondary N) is 2. The van der Waals surface area contributed by atoms with E-state index in [9.17, 15) is 28.1 Å². The molecule has 29 heavy (non-hydrogen) atoms. The van der Waals surface area contributed by atoms with Gasteiger partial charge in [0.05, 0.1) is 16.7 Å². The number of likely N-dealkylation sites (N-methyl/N-ethyl adjacent to an activating group) is 1. The van der Waals surface area contributed by atoms with E-state index in [2.05, 4.69) is 15.4 Å². The molecule has 1 atom stereocenters. The lowest BCUT2D eigenvalue weighted by molar-refractivity contribution is -0.384. The molecule has 0 saturated carbocycles. The molecular formula is C18H19F3N4O4. The van der Waals surface area contributed by atoms with Crippen LogP contribution >= 0.6 is 0 Å². The van der Waals surface area contributed by atoms with Crippen LogP contribution in [0.2, 0.25) is 0 Å². The minimum absolute atomic E-state index is 0.102. The molecule has 0 spiro atoms. The van der Waals surface area contributed by atoms with E-state index in [1.54, 1.807) is 31.1 Å². The molecule has 0 aliphatic carbocycles. The van der Waals surface area contributed by atoms with Crippen LogP contribution in [0, 0.1) is 15.9 Å². The fourth-order valence-electron chi connectivity index (χ4n) is 2.57. The first kappa shape index (κ1) is 22.0. The van der Waals surface area contributed by atoms with Crippen LogP contribution in [0.3, 0.4) is 0 Å². The van der Waals surface area contributed by atoms with Gasteiger partial charge in [-0.25, -0.2) is 9.18 Å². The third-order valence-corrected chi connectivity index (χ3v) is 3.97. The van der Waals surface area contributed by atoms with Crippen molar-refractivity contribution in [2.24, 2.45) is 0 Å². The highest BCUT2D eigenvalue weighted by atomic mass is 19.3. The van der Waals surface area contributed by atoms with Gasteiger partial charge in [-0.1, -0.05) is 12.1 Å². The standard InChI is InChI=1S/C18H19F3N4O4/c1-24(2)15(11-3-5-12(19)6-4-11)10-22-18(26)23-14-9-13(25(27)28)7-8-16(14)29-17(20)21/h3-9,15,17H,10H2,1-2H3,(H2,22,23,26). The number of nitro benzene ring substituents is 1. The van der Waals surface area contributed by atoms with Gasteiger partial charge in [0.2, 0.25) is 0 Å². The molecule has 0 fully saturated rings. The number of carbonyl (C=O) groups excluding carboxylic acids is 1. The third kappa shape index (κ3) is 6.35. The molecule has 1 unspecified atom stereocenters. The number of urea groups is 1. The zero-order valence-corrected chi connectivity index (χ0v) is 15.6. The van der Waals surface area contributed by atoms with E-state index in [-0.39, 0.29) is 18.3 Å². The molecule has 11 heteroatoms. The summed E-state index contributed by atoms with van der Waals surface area (Å²) in [6.07, 6.45) is 0. The monoisotopic (exact) mass is 412 g/mol. The molecule has 0 bridgehead atoms. The Bertz CT molecular complexity index is 863. The molecule has 2 aromatic rings. The van der Waals surface area contributed by atoms with Gasteiger partial charge in [-0.15, -0.1) is 0 Å². The number of nitro groups is 1. The maximum atomic E-state index is 13.1. The van der Waals surface area contributed by atoms with Gasteiger partial charge >= 0.3 is 12.6 Å². The van der Waals surface area contributed by atoms with Crippen LogP contribution < -0.4 is 15.4 Å². The summed E-state index contributed by atoms with van der Waals surface area (Å²) < 4.78 is 42.5. The number of benzene rings is 2. The Hall–Kier alpha value is -3.34. The highest BCUT2D eigenvalue weighted by molar-refractivity contribution is 5.91. The Balaban J connectivity index is 2.11. The number of hydrogen-bond donors (Lipinski definition) is 2. The first-order valence-electron chi connectivity index (χ1n) is 8.37. The van der Waals surface area contributed by atoms with Crippen molar-refractivity contribution < 1.29 is 27.6 Å². The molecular weight excluding hydrogens is 393 g/mol. The van der Waals surface area contributed by atoms with Crippen molar-refractivity contribution in [3.8, 4) is 5.75 Å². The Morgan fingerprint density at radius 1 is 1.21 bits per heavy atom. The van der Waals surface area contributed by atoms with Gasteiger partial charge in [-0.3, -0.25) is 10.1 Å². The Morgan fingerprint density at radius 2 is 1.86 bits per heavy atom. The van der Waals surface area contributed by atoms with Crippen LogP contribution in [-0.2, 0) is 0 Å². The Morgan fingerprint density at radius 3 is 2.41 bits per heavy atom. The zero-order valence-electron chi connectivity index (χ0n) is 15.6. The van der Waals surface area contributed by atoms with Crippen LogP contribution in [0.5, 0.6) is 5.75 Å². The normalized spacial score (nSPS) is 12.0. The predicted octanol–water partition coefficient (Wildman–Crippen LogP) is 3.76. The second-order valence-corrected chi connectivity index (χ2v) is 6.18. The minimum Gasteiger partial charge on any atom is -0.433 e. The van der Waals surface area contributed by atoms with Gasteiger partial charge < -0.3 is 20.3 Å². The van der Waals surface area contributed by atoms with E-state index >= 15 is 0 Å². The zero-order chi connectivity index (χ0) is 21.6. The number of anilines is 1. The number of non-ortho nitro benzene ring substituents is 1. The Labute approximate surface area is 164 Å². The molecule has 0 heterocycles. The van der Waals surface area contributed by atoms with Crippen molar-refractivity contribution in [3.05, 3.63) is 64.0 Å². The quantitative estimate of drug-likeness (QED) is 0.508. The number of rotatable bonds is 8. The highest BCUT2D eigenvalue weighted by Crippen LogP contribution is 2.30. The lowest BCUT2D eigenvalue weighted by atomic mass is 10.1. The molecule has 2 N–H and O–H groups in total. The fourth-order valence-corrected chi connectivity index (χ4v) is 2.57. The largest absolute Gasteiger partial charge is 0.433 e. The number of hydrogen-bond acceptors (Lipinski definition) is 5. The number of nitrogens with zero attached hydrogens (tertiary/aromatic N) is 2. The maximum absolute atomic E-state index is 13.1. The third-order valence-electron chi connectivity index (χ3n) is 3.97. The van der Waals surface area contributed by atoms with E-state index in [0.717, 1.165) is 23.8 Å². The average Bonchev–Trinajstić information content (AvgIpc) is 2.64. The van der Waals surface area contributed by atoms with Gasteiger partial charge in [-0.05, 0) is 37.9 Å². The van der Waals surface area contributed by atoms with Crippen molar-refractivity contribution in [1.82, 2.24) is 10.2 Å². The minimum atomic E-state index is -3.17. The summed E-state index contributed by atoms with van der Waals surface area (Å²) in [6.45, 7) is -3.07. The van der Waals surface area contributed by atoms with Gasteiger partial charge in [0, 0.05) is 18.7 Å². The fraction of sp³-hybridized carbons (Fsp3) is 0.278. The molecule has 0 aromatic heterocycles. The summed E-state index contributed by atoms with van der Waals surface area (Å²) in [4.78, 5) is 24.2. The number of carbonyl (C=O) groups is 1. The van der Waals surface area contributed by atoms with Crippen molar-refractivity contribution in [2.45, 2.75) is 12.7 Å². The van der Waals surface area contributed by atoms with E-state index in [4.69, 9.17) is 0 Å². The number of alkyl halides is 2. The topological polar surface area (TPSA) is 96.7 Å². The molecule has 0 aliphatic rings. The first-order valence-corrected chi connectivity index (χ1v) is 8.37. The second-order valence-electron chi connectivity index (χ2n) is 6.18. The lowest BCUT2D eigenvalue weighted by Gasteiger charge is -2.25. The maximum Gasteiger partial charge on any atom is 0.387 e. The van der Waals surface area contributed by atoms with Crippen molar-refractivity contribution in [3.63, 3.8) is 0 Å². The van der Waals surface area contributed by atoms with Crippen LogP contribution in [0.4, 0.5) is 29.3 Å². The van der Waals surface area contributed by atoms with E-state index < -0.39 is 34.8 Å². The summed E-state index contributed by atoms with van der Waals surface area (Å²) in [7, 11) is 3.53. The second kappa shape index (κ2) is 9.73. The van der Waals surface area contributed by atoms with Gasteiger partial charge in [0.15, 0.2) is 0 Å². The molecule has 2 amide bonds.